The molecule has 0 N–H and O–H groups in total. The highest BCUT2D eigenvalue weighted by Gasteiger charge is 2.27. The van der Waals surface area contributed by atoms with Gasteiger partial charge in [-0.25, -0.2) is 0 Å². The molecule has 0 aliphatic rings. The largest absolute Gasteiger partial charge is 0.374 e. The Balaban J connectivity index is 2.79. The number of hydrogen-bond acceptors (Lipinski definition) is 2. The van der Waals surface area contributed by atoms with Crippen molar-refractivity contribution < 1.29 is 4.79 Å². The van der Waals surface area contributed by atoms with Crippen molar-refractivity contribution in [3.05, 3.63) is 29.8 Å². The molecular weight excluding hydrogens is 222 g/mol. The van der Waals surface area contributed by atoms with Crippen molar-refractivity contribution in [2.24, 2.45) is 5.41 Å². The maximum Gasteiger partial charge on any atom is 0.127 e. The van der Waals surface area contributed by atoms with Gasteiger partial charge < -0.3 is 9.69 Å². The molecular formula is C16H25NO. The number of carbonyl (C=O) groups is 1. The molecule has 2 nitrogen and oxygen atoms in total. The van der Waals surface area contributed by atoms with E-state index in [2.05, 4.69) is 57.0 Å². The van der Waals surface area contributed by atoms with E-state index in [4.69, 9.17) is 0 Å². The Bertz CT molecular complexity index is 365. The number of benzene rings is 1. The van der Waals surface area contributed by atoms with Gasteiger partial charge in [-0.2, -0.15) is 0 Å². The molecule has 0 saturated carbocycles. The summed E-state index contributed by atoms with van der Waals surface area (Å²) in [6.45, 7) is 7.12. The van der Waals surface area contributed by atoms with Crippen LogP contribution in [0.5, 0.6) is 0 Å². The zero-order valence-electron chi connectivity index (χ0n) is 12.1. The molecule has 100 valence electrons. The van der Waals surface area contributed by atoms with E-state index in [9.17, 15) is 4.79 Å². The molecule has 0 atom stereocenters. The second-order valence-corrected chi connectivity index (χ2v) is 5.06. The number of aryl methyl sites for hydroxylation is 1. The third-order valence-corrected chi connectivity index (χ3v) is 4.00. The Morgan fingerprint density at radius 2 is 1.67 bits per heavy atom. The minimum atomic E-state index is -0.210. The van der Waals surface area contributed by atoms with E-state index in [1.165, 1.54) is 11.3 Å². The number of aldehydes is 1. The Labute approximate surface area is 111 Å². The average molecular weight is 247 g/mol. The van der Waals surface area contributed by atoms with Crippen LogP contribution >= 0.6 is 0 Å². The molecule has 0 unspecified atom stereocenters. The van der Waals surface area contributed by atoms with Crippen LogP contribution in [0, 0.1) is 5.41 Å². The van der Waals surface area contributed by atoms with Gasteiger partial charge in [0.1, 0.15) is 6.29 Å². The average Bonchev–Trinajstić information content (AvgIpc) is 2.45. The van der Waals surface area contributed by atoms with Crippen molar-refractivity contribution in [2.75, 3.05) is 18.5 Å². The summed E-state index contributed by atoms with van der Waals surface area (Å²) in [6.07, 6.45) is 3.98. The molecule has 1 aromatic carbocycles. The van der Waals surface area contributed by atoms with Crippen molar-refractivity contribution in [1.29, 1.82) is 0 Å². The third-order valence-electron chi connectivity index (χ3n) is 4.00. The molecule has 1 rings (SSSR count). The molecule has 1 aromatic rings. The lowest BCUT2D eigenvalue weighted by Gasteiger charge is -2.32. The summed E-state index contributed by atoms with van der Waals surface area (Å²) in [4.78, 5) is 13.5. The van der Waals surface area contributed by atoms with E-state index < -0.39 is 0 Å². The van der Waals surface area contributed by atoms with Gasteiger partial charge in [0.25, 0.3) is 0 Å². The summed E-state index contributed by atoms with van der Waals surface area (Å²) in [7, 11) is 2.06. The first-order valence-electron chi connectivity index (χ1n) is 6.87. The normalized spacial score (nSPS) is 11.3. The van der Waals surface area contributed by atoms with Crippen molar-refractivity contribution in [3.8, 4) is 0 Å². The van der Waals surface area contributed by atoms with E-state index in [0.717, 1.165) is 32.1 Å². The lowest BCUT2D eigenvalue weighted by Crippen LogP contribution is -2.36. The smallest absolute Gasteiger partial charge is 0.127 e. The van der Waals surface area contributed by atoms with Gasteiger partial charge in [-0.3, -0.25) is 0 Å². The molecule has 0 saturated heterocycles. The molecule has 2 heteroatoms. The Morgan fingerprint density at radius 1 is 1.11 bits per heavy atom. The van der Waals surface area contributed by atoms with Gasteiger partial charge in [0.2, 0.25) is 0 Å². The second kappa shape index (κ2) is 6.58. The monoisotopic (exact) mass is 247 g/mol. The van der Waals surface area contributed by atoms with Crippen LogP contribution < -0.4 is 4.90 Å². The van der Waals surface area contributed by atoms with Crippen LogP contribution in [0.25, 0.3) is 0 Å². The van der Waals surface area contributed by atoms with Crippen molar-refractivity contribution >= 4 is 12.0 Å². The fourth-order valence-corrected chi connectivity index (χ4v) is 2.23. The van der Waals surface area contributed by atoms with Crippen molar-refractivity contribution in [2.45, 2.75) is 40.0 Å². The van der Waals surface area contributed by atoms with Gasteiger partial charge in [0.05, 0.1) is 0 Å². The minimum Gasteiger partial charge on any atom is -0.374 e. The maximum atomic E-state index is 11.3. The maximum absolute atomic E-state index is 11.3. The second-order valence-electron chi connectivity index (χ2n) is 5.06. The van der Waals surface area contributed by atoms with Gasteiger partial charge in [-0.05, 0) is 37.0 Å². The highest BCUT2D eigenvalue weighted by molar-refractivity contribution is 5.61. The standard InChI is InChI=1S/C16H25NO/c1-5-14-8-10-15(11-9-14)17(4)12-16(6-2,7-3)13-18/h8-11,13H,5-7,12H2,1-4H3. The van der Waals surface area contributed by atoms with E-state index in [0.29, 0.717) is 0 Å². The predicted molar refractivity (Wildman–Crippen MR) is 78.2 cm³/mol. The fourth-order valence-electron chi connectivity index (χ4n) is 2.23. The molecule has 0 heterocycles. The van der Waals surface area contributed by atoms with Gasteiger partial charge in [0.15, 0.2) is 0 Å². The van der Waals surface area contributed by atoms with E-state index in [-0.39, 0.29) is 5.41 Å². The number of anilines is 1. The van der Waals surface area contributed by atoms with Gasteiger partial charge in [-0.15, -0.1) is 0 Å². The van der Waals surface area contributed by atoms with Crippen LogP contribution in [0.3, 0.4) is 0 Å². The summed E-state index contributed by atoms with van der Waals surface area (Å²) in [5, 5.41) is 0. The summed E-state index contributed by atoms with van der Waals surface area (Å²) >= 11 is 0. The summed E-state index contributed by atoms with van der Waals surface area (Å²) < 4.78 is 0. The quantitative estimate of drug-likeness (QED) is 0.685. The van der Waals surface area contributed by atoms with Crippen LogP contribution in [0.4, 0.5) is 5.69 Å². The van der Waals surface area contributed by atoms with Crippen molar-refractivity contribution in [1.82, 2.24) is 0 Å². The first-order chi connectivity index (χ1) is 8.60. The molecule has 0 bridgehead atoms. The lowest BCUT2D eigenvalue weighted by atomic mass is 9.83. The number of hydrogen-bond donors (Lipinski definition) is 0. The third kappa shape index (κ3) is 3.34. The highest BCUT2D eigenvalue weighted by atomic mass is 16.1. The molecule has 0 aliphatic carbocycles. The number of carbonyl (C=O) groups excluding carboxylic acids is 1. The SMILES string of the molecule is CCc1ccc(N(C)CC(C=O)(CC)CC)cc1. The molecule has 0 radical (unpaired) electrons. The van der Waals surface area contributed by atoms with Crippen LogP contribution in [0.2, 0.25) is 0 Å². The first kappa shape index (κ1) is 14.7. The summed E-state index contributed by atoms with van der Waals surface area (Å²) in [6, 6.07) is 8.60. The van der Waals surface area contributed by atoms with Crippen LogP contribution in [-0.4, -0.2) is 19.9 Å². The summed E-state index contributed by atoms with van der Waals surface area (Å²) in [5.41, 5.74) is 2.32. The predicted octanol–water partition coefficient (Wildman–Crippen LogP) is 3.69. The molecule has 0 aromatic heterocycles. The molecule has 0 fully saturated rings. The molecule has 0 amide bonds. The summed E-state index contributed by atoms with van der Waals surface area (Å²) in [5.74, 6) is 0. The first-order valence-corrected chi connectivity index (χ1v) is 6.87. The van der Waals surface area contributed by atoms with E-state index in [1.807, 2.05) is 0 Å². The Morgan fingerprint density at radius 3 is 2.06 bits per heavy atom. The molecule has 0 aliphatic heterocycles. The Kier molecular flexibility index (Phi) is 5.39. The van der Waals surface area contributed by atoms with Crippen LogP contribution in [0.15, 0.2) is 24.3 Å². The number of rotatable bonds is 7. The van der Waals surface area contributed by atoms with Crippen LogP contribution in [-0.2, 0) is 11.2 Å². The topological polar surface area (TPSA) is 20.3 Å². The van der Waals surface area contributed by atoms with E-state index >= 15 is 0 Å². The highest BCUT2D eigenvalue weighted by Crippen LogP contribution is 2.27. The number of nitrogens with zero attached hydrogens (tertiary/aromatic N) is 1. The van der Waals surface area contributed by atoms with Gasteiger partial charge >= 0.3 is 0 Å². The van der Waals surface area contributed by atoms with Crippen LogP contribution in [0.1, 0.15) is 39.2 Å². The van der Waals surface area contributed by atoms with Gasteiger partial charge in [-0.1, -0.05) is 32.9 Å². The lowest BCUT2D eigenvalue weighted by molar-refractivity contribution is -0.116. The Hall–Kier alpha value is -1.31. The molecule has 18 heavy (non-hydrogen) atoms. The van der Waals surface area contributed by atoms with Gasteiger partial charge in [0, 0.05) is 24.7 Å². The molecule has 0 spiro atoms. The van der Waals surface area contributed by atoms with Crippen molar-refractivity contribution in [3.63, 3.8) is 0 Å². The minimum absolute atomic E-state index is 0.210. The van der Waals surface area contributed by atoms with E-state index in [1.54, 1.807) is 0 Å². The fraction of sp³-hybridized carbons (Fsp3) is 0.562. The zero-order valence-corrected chi connectivity index (χ0v) is 12.1. The zero-order chi connectivity index (χ0) is 13.6.